The quantitative estimate of drug-likeness (QED) is 0.0337. The number of hydrogen-bond acceptors (Lipinski definition) is 11. The molecule has 4 atom stereocenters. The molecule has 0 fully saturated rings. The van der Waals surface area contributed by atoms with E-state index < -0.39 is 0 Å². The standard InChI is InChI=1S/C43H66N6O7S.C8H18N2O/c1-10-31(6)24-41(54)49(8)36(30(4)5)26-37(56-9)43-47-35(28-57-43)42(55)46-34(23-29(2)3)25-32-17-19-33(20-18-32)45-39(52)27-44-38(51)15-12-11-13-21-48(7)40(53)16-14-22-50;1-10(2)7-5-3-4-6-8(9)11/h14,16-20,22,28-31,34,36-37H,10-13,15,21,23-27H2,1-9H3,(H,44,51)(H,45,52)(H,46,55);3-7H2,1-2H3,(H2,9,11)/b16-14-;/t31-,34?,36?,37?;/m0./s1. The Morgan fingerprint density at radius 3 is 2.07 bits per heavy atom. The molecule has 17 heteroatoms. The minimum Gasteiger partial charge on any atom is -0.374 e. The van der Waals surface area contributed by atoms with E-state index in [1.807, 2.05) is 38.2 Å². The Labute approximate surface area is 411 Å². The van der Waals surface area contributed by atoms with Gasteiger partial charge < -0.3 is 41.1 Å². The maximum Gasteiger partial charge on any atom is 0.270 e. The summed E-state index contributed by atoms with van der Waals surface area (Å²) in [5.41, 5.74) is 6.90. The zero-order valence-corrected chi connectivity index (χ0v) is 43.8. The number of ether oxygens (including phenoxy) is 1. The van der Waals surface area contributed by atoms with E-state index >= 15 is 0 Å². The van der Waals surface area contributed by atoms with Gasteiger partial charge in [0, 0.05) is 82.7 Å². The third-order valence-electron chi connectivity index (χ3n) is 11.5. The van der Waals surface area contributed by atoms with Gasteiger partial charge in [-0.25, -0.2) is 4.98 Å². The van der Waals surface area contributed by atoms with Crippen LogP contribution in [0.4, 0.5) is 5.69 Å². The van der Waals surface area contributed by atoms with E-state index in [0.717, 1.165) is 63.1 Å². The molecule has 2 rings (SSSR count). The number of thiazole rings is 1. The average Bonchev–Trinajstić information content (AvgIpc) is 3.78. The molecule has 16 nitrogen and oxygen atoms in total. The van der Waals surface area contributed by atoms with Gasteiger partial charge in [0.15, 0.2) is 0 Å². The Hall–Kier alpha value is -5.00. The summed E-state index contributed by atoms with van der Waals surface area (Å²) >= 11 is 1.38. The molecule has 2 aromatic rings. The highest BCUT2D eigenvalue weighted by molar-refractivity contribution is 7.09. The second-order valence-corrected chi connectivity index (χ2v) is 19.6. The molecule has 0 spiro atoms. The van der Waals surface area contributed by atoms with Gasteiger partial charge in [0.25, 0.3) is 5.91 Å². The molecule has 0 saturated heterocycles. The van der Waals surface area contributed by atoms with Crippen LogP contribution in [0.25, 0.3) is 0 Å². The lowest BCUT2D eigenvalue weighted by Crippen LogP contribution is -2.42. The molecule has 3 unspecified atom stereocenters. The number of hydrogen-bond donors (Lipinski definition) is 4. The van der Waals surface area contributed by atoms with Crippen LogP contribution in [0.3, 0.4) is 0 Å². The number of allylic oxidation sites excluding steroid dienone is 1. The minimum atomic E-state index is -0.364. The zero-order valence-electron chi connectivity index (χ0n) is 42.9. The lowest BCUT2D eigenvalue weighted by Gasteiger charge is -2.34. The molecule has 1 aromatic carbocycles. The third-order valence-corrected chi connectivity index (χ3v) is 12.5. The highest BCUT2D eigenvalue weighted by Gasteiger charge is 2.30. The number of aldehydes is 1. The number of unbranched alkanes of at least 4 members (excludes halogenated alkanes) is 4. The highest BCUT2D eigenvalue weighted by Crippen LogP contribution is 2.30. The largest absolute Gasteiger partial charge is 0.374 e. The van der Waals surface area contributed by atoms with Crippen molar-refractivity contribution in [2.24, 2.45) is 23.5 Å². The smallest absolute Gasteiger partial charge is 0.270 e. The Kier molecular flexibility index (Phi) is 30.8. The van der Waals surface area contributed by atoms with Crippen LogP contribution in [0, 0.1) is 17.8 Å². The molecule has 68 heavy (non-hydrogen) atoms. The number of likely N-dealkylation sites (N-methyl/N-ethyl adjacent to an activating group) is 1. The normalized spacial score (nSPS) is 13.0. The van der Waals surface area contributed by atoms with Gasteiger partial charge in [0.2, 0.25) is 29.5 Å². The van der Waals surface area contributed by atoms with Crippen molar-refractivity contribution < 1.29 is 38.3 Å². The van der Waals surface area contributed by atoms with E-state index in [2.05, 4.69) is 62.4 Å². The van der Waals surface area contributed by atoms with E-state index in [9.17, 15) is 33.6 Å². The van der Waals surface area contributed by atoms with E-state index in [-0.39, 0.29) is 72.5 Å². The van der Waals surface area contributed by atoms with Crippen LogP contribution >= 0.6 is 11.3 Å². The lowest BCUT2D eigenvalue weighted by atomic mass is 9.95. The van der Waals surface area contributed by atoms with E-state index in [1.165, 1.54) is 22.3 Å². The van der Waals surface area contributed by atoms with Gasteiger partial charge >= 0.3 is 0 Å². The minimum absolute atomic E-state index is 0.0470. The van der Waals surface area contributed by atoms with E-state index in [4.69, 9.17) is 15.5 Å². The summed E-state index contributed by atoms with van der Waals surface area (Å²) in [7, 11) is 9.25. The first-order chi connectivity index (χ1) is 32.2. The first-order valence-corrected chi connectivity index (χ1v) is 25.1. The molecule has 0 saturated carbocycles. The van der Waals surface area contributed by atoms with Gasteiger partial charge in [-0.15, -0.1) is 11.3 Å². The predicted octanol–water partition coefficient (Wildman–Crippen LogP) is 6.95. The first-order valence-electron chi connectivity index (χ1n) is 24.2. The number of aromatic nitrogens is 1. The molecular weight excluding hydrogens is 885 g/mol. The summed E-state index contributed by atoms with van der Waals surface area (Å²) in [6.07, 6.45) is 12.0. The van der Waals surface area contributed by atoms with Crippen molar-refractivity contribution in [2.75, 3.05) is 60.3 Å². The molecule has 5 N–H and O–H groups in total. The van der Waals surface area contributed by atoms with Crippen LogP contribution in [0.5, 0.6) is 0 Å². The van der Waals surface area contributed by atoms with Crippen molar-refractivity contribution >= 4 is 58.8 Å². The fourth-order valence-corrected chi connectivity index (χ4v) is 8.17. The number of nitrogens with zero attached hydrogens (tertiary/aromatic N) is 4. The number of nitrogens with one attached hydrogen (secondary N) is 3. The number of nitrogens with two attached hydrogens (primary N) is 1. The number of rotatable bonds is 32. The Balaban J connectivity index is 0.00000185. The van der Waals surface area contributed by atoms with Gasteiger partial charge in [-0.1, -0.05) is 72.9 Å². The van der Waals surface area contributed by atoms with Crippen LogP contribution in [0.1, 0.15) is 146 Å². The summed E-state index contributed by atoms with van der Waals surface area (Å²) in [5, 5.41) is 11.1. The molecule has 1 heterocycles. The van der Waals surface area contributed by atoms with Crippen molar-refractivity contribution in [3.8, 4) is 0 Å². The molecule has 0 bridgehead atoms. The SMILES string of the molecule is CC[C@H](C)CC(=O)N(C)C(CC(OC)c1nc(C(=O)NC(Cc2ccc(NC(=O)CNC(=O)CCCCCN(C)C(=O)/C=C\C=O)cc2)CC(C)C)cs1)C(C)C.CN(C)CCCCCC(N)=O. The fourth-order valence-electron chi connectivity index (χ4n) is 7.28. The molecular formula is C51H84N8O8S. The Bertz CT molecular complexity index is 1850. The molecule has 0 radical (unpaired) electrons. The summed E-state index contributed by atoms with van der Waals surface area (Å²) in [5.74, 6) is -0.279. The molecule has 1 aromatic heterocycles. The van der Waals surface area contributed by atoms with Crippen molar-refractivity contribution in [1.82, 2.24) is 30.3 Å². The molecule has 6 amide bonds. The maximum absolute atomic E-state index is 13.5. The van der Waals surface area contributed by atoms with Gasteiger partial charge in [-0.2, -0.15) is 0 Å². The second kappa shape index (κ2) is 34.3. The summed E-state index contributed by atoms with van der Waals surface area (Å²) in [6.45, 7) is 14.1. The number of carbonyl (C=O) groups excluding carboxylic acids is 7. The molecule has 382 valence electrons. The van der Waals surface area contributed by atoms with E-state index in [0.29, 0.717) is 73.2 Å². The first kappa shape index (κ1) is 61.0. The maximum atomic E-state index is 13.5. The fraction of sp³-hybridized carbons (Fsp3) is 0.647. The van der Waals surface area contributed by atoms with Crippen molar-refractivity contribution in [2.45, 2.75) is 143 Å². The number of methoxy groups -OCH3 is 1. The number of benzene rings is 1. The van der Waals surface area contributed by atoms with Gasteiger partial charge in [-0.05, 0) is 101 Å². The number of anilines is 1. The van der Waals surface area contributed by atoms with E-state index in [1.54, 1.807) is 31.7 Å². The monoisotopic (exact) mass is 969 g/mol. The van der Waals surface area contributed by atoms with Crippen molar-refractivity contribution in [1.29, 1.82) is 0 Å². The van der Waals surface area contributed by atoms with Crippen LogP contribution in [-0.2, 0) is 39.9 Å². The van der Waals surface area contributed by atoms with Crippen LogP contribution in [0.2, 0.25) is 0 Å². The Morgan fingerprint density at radius 2 is 1.50 bits per heavy atom. The predicted molar refractivity (Wildman–Crippen MR) is 272 cm³/mol. The average molecular weight is 969 g/mol. The van der Waals surface area contributed by atoms with Gasteiger partial charge in [-0.3, -0.25) is 33.6 Å². The highest BCUT2D eigenvalue weighted by atomic mass is 32.1. The van der Waals surface area contributed by atoms with Crippen molar-refractivity contribution in [3.63, 3.8) is 0 Å². The molecule has 0 aliphatic carbocycles. The van der Waals surface area contributed by atoms with Gasteiger partial charge in [0.05, 0.1) is 6.54 Å². The van der Waals surface area contributed by atoms with Gasteiger partial charge in [0.1, 0.15) is 23.1 Å². The summed E-state index contributed by atoms with van der Waals surface area (Å²) < 4.78 is 5.87. The lowest BCUT2D eigenvalue weighted by molar-refractivity contribution is -0.134. The molecule has 0 aliphatic rings. The second-order valence-electron chi connectivity index (χ2n) is 18.7. The Morgan fingerprint density at radius 1 is 0.853 bits per heavy atom. The van der Waals surface area contributed by atoms with Crippen molar-refractivity contribution in [3.05, 3.63) is 58.1 Å². The zero-order chi connectivity index (χ0) is 51.2. The number of primary amides is 1. The number of carbonyl (C=O) groups is 7. The number of amides is 6. The third kappa shape index (κ3) is 26.5. The van der Waals surface area contributed by atoms with Crippen LogP contribution in [0.15, 0.2) is 41.8 Å². The topological polar surface area (TPSA) is 213 Å². The van der Waals surface area contributed by atoms with Crippen LogP contribution < -0.4 is 21.7 Å². The summed E-state index contributed by atoms with van der Waals surface area (Å²) in [4.78, 5) is 94.0. The van der Waals surface area contributed by atoms with Crippen LogP contribution in [-0.4, -0.2) is 128 Å². The molecule has 0 aliphatic heterocycles. The summed E-state index contributed by atoms with van der Waals surface area (Å²) in [6, 6.07) is 7.23.